The van der Waals surface area contributed by atoms with E-state index in [1.165, 1.54) is 23.9 Å². The van der Waals surface area contributed by atoms with Crippen LogP contribution in [0.2, 0.25) is 0 Å². The zero-order valence-electron chi connectivity index (χ0n) is 14.7. The third-order valence-corrected chi connectivity index (χ3v) is 5.23. The highest BCUT2D eigenvalue weighted by Crippen LogP contribution is 2.32. The van der Waals surface area contributed by atoms with Crippen LogP contribution < -0.4 is 10.2 Å². The summed E-state index contributed by atoms with van der Waals surface area (Å²) in [5, 5.41) is 12.0. The number of nitrogens with one attached hydrogen (secondary N) is 1. The Kier molecular flexibility index (Phi) is 4.81. The molecular formula is C19H18FN5OS. The molecule has 138 valence electrons. The number of thioether (sulfide) groups is 1. The van der Waals surface area contributed by atoms with E-state index >= 15 is 0 Å². The Morgan fingerprint density at radius 1 is 1.19 bits per heavy atom. The Bertz CT molecular complexity index is 972. The van der Waals surface area contributed by atoms with E-state index < -0.39 is 0 Å². The topological polar surface area (TPSA) is 63.1 Å². The largest absolute Gasteiger partial charge is 0.325 e. The lowest BCUT2D eigenvalue weighted by molar-refractivity contribution is -0.113. The van der Waals surface area contributed by atoms with Crippen molar-refractivity contribution in [3.63, 3.8) is 0 Å². The number of carbonyl (C=O) groups is 1. The molecule has 27 heavy (non-hydrogen) atoms. The maximum absolute atomic E-state index is 13.1. The SMILES string of the molecule is Cc1cccc(NC(=O)CSc2nnc3n2CCN3c2ccc(F)cc2)c1. The zero-order valence-corrected chi connectivity index (χ0v) is 15.5. The number of fused-ring (bicyclic) bond motifs is 1. The Labute approximate surface area is 160 Å². The molecule has 2 heterocycles. The van der Waals surface area contributed by atoms with Gasteiger partial charge in [-0.05, 0) is 48.9 Å². The van der Waals surface area contributed by atoms with Gasteiger partial charge in [-0.25, -0.2) is 4.39 Å². The van der Waals surface area contributed by atoms with Crippen LogP contribution in [0.25, 0.3) is 0 Å². The number of aromatic nitrogens is 3. The number of benzene rings is 2. The van der Waals surface area contributed by atoms with E-state index in [1.807, 2.05) is 40.7 Å². The summed E-state index contributed by atoms with van der Waals surface area (Å²) in [6.07, 6.45) is 0. The Hall–Kier alpha value is -2.87. The lowest BCUT2D eigenvalue weighted by atomic mass is 10.2. The molecule has 0 aliphatic carbocycles. The summed E-state index contributed by atoms with van der Waals surface area (Å²) in [7, 11) is 0. The number of rotatable bonds is 5. The summed E-state index contributed by atoms with van der Waals surface area (Å²) in [5.41, 5.74) is 2.75. The van der Waals surface area contributed by atoms with Gasteiger partial charge in [-0.3, -0.25) is 9.36 Å². The summed E-state index contributed by atoms with van der Waals surface area (Å²) in [6, 6.07) is 14.0. The Morgan fingerprint density at radius 2 is 2.00 bits per heavy atom. The van der Waals surface area contributed by atoms with Gasteiger partial charge in [0.05, 0.1) is 5.75 Å². The highest BCUT2D eigenvalue weighted by Gasteiger charge is 2.26. The van der Waals surface area contributed by atoms with E-state index in [1.54, 1.807) is 12.1 Å². The van der Waals surface area contributed by atoms with Crippen LogP contribution in [0.4, 0.5) is 21.7 Å². The summed E-state index contributed by atoms with van der Waals surface area (Å²) in [5.74, 6) is 0.609. The van der Waals surface area contributed by atoms with Crippen molar-refractivity contribution in [2.75, 3.05) is 22.5 Å². The average Bonchev–Trinajstić information content (AvgIpc) is 3.23. The van der Waals surface area contributed by atoms with Crippen molar-refractivity contribution < 1.29 is 9.18 Å². The summed E-state index contributed by atoms with van der Waals surface area (Å²) in [6.45, 7) is 3.44. The number of nitrogens with zero attached hydrogens (tertiary/aromatic N) is 4. The highest BCUT2D eigenvalue weighted by molar-refractivity contribution is 7.99. The molecule has 1 N–H and O–H groups in total. The molecule has 0 saturated carbocycles. The van der Waals surface area contributed by atoms with Crippen molar-refractivity contribution in [1.82, 2.24) is 14.8 Å². The van der Waals surface area contributed by atoms with Gasteiger partial charge >= 0.3 is 0 Å². The molecule has 2 aromatic carbocycles. The number of carbonyl (C=O) groups excluding carboxylic acids is 1. The second-order valence-electron chi connectivity index (χ2n) is 6.27. The van der Waals surface area contributed by atoms with Gasteiger partial charge in [0, 0.05) is 24.5 Å². The standard InChI is InChI=1S/C19H18FN5OS/c1-13-3-2-4-15(11-13)21-17(26)12-27-19-23-22-18-24(9-10-25(18)19)16-7-5-14(20)6-8-16/h2-8,11H,9-10,12H2,1H3,(H,21,26). The molecule has 1 aliphatic rings. The molecule has 0 fully saturated rings. The maximum Gasteiger partial charge on any atom is 0.234 e. The van der Waals surface area contributed by atoms with E-state index in [-0.39, 0.29) is 17.5 Å². The van der Waals surface area contributed by atoms with Gasteiger partial charge in [0.1, 0.15) is 5.82 Å². The van der Waals surface area contributed by atoms with Crippen molar-refractivity contribution in [2.24, 2.45) is 0 Å². The molecule has 1 aliphatic heterocycles. The van der Waals surface area contributed by atoms with Gasteiger partial charge in [-0.2, -0.15) is 0 Å². The molecule has 0 atom stereocenters. The van der Waals surface area contributed by atoms with E-state index in [4.69, 9.17) is 0 Å². The minimum Gasteiger partial charge on any atom is -0.325 e. The van der Waals surface area contributed by atoms with E-state index in [9.17, 15) is 9.18 Å². The van der Waals surface area contributed by atoms with E-state index in [0.717, 1.165) is 30.0 Å². The first-order valence-electron chi connectivity index (χ1n) is 8.56. The number of amides is 1. The third-order valence-electron chi connectivity index (χ3n) is 4.26. The predicted molar refractivity (Wildman–Crippen MR) is 104 cm³/mol. The highest BCUT2D eigenvalue weighted by atomic mass is 32.2. The molecule has 0 radical (unpaired) electrons. The Balaban J connectivity index is 1.41. The van der Waals surface area contributed by atoms with Crippen LogP contribution in [0, 0.1) is 12.7 Å². The lowest BCUT2D eigenvalue weighted by Crippen LogP contribution is -2.14. The van der Waals surface area contributed by atoms with Crippen LogP contribution in [-0.2, 0) is 11.3 Å². The smallest absolute Gasteiger partial charge is 0.234 e. The zero-order chi connectivity index (χ0) is 18.8. The van der Waals surface area contributed by atoms with Crippen LogP contribution >= 0.6 is 11.8 Å². The summed E-state index contributed by atoms with van der Waals surface area (Å²) in [4.78, 5) is 14.2. The molecule has 4 rings (SSSR count). The molecule has 0 saturated heterocycles. The monoisotopic (exact) mass is 383 g/mol. The number of anilines is 3. The van der Waals surface area contributed by atoms with E-state index in [2.05, 4.69) is 15.5 Å². The molecule has 6 nitrogen and oxygen atoms in total. The summed E-state index contributed by atoms with van der Waals surface area (Å²) < 4.78 is 15.1. The Morgan fingerprint density at radius 3 is 2.78 bits per heavy atom. The maximum atomic E-state index is 13.1. The van der Waals surface area contributed by atoms with Gasteiger partial charge in [0.25, 0.3) is 0 Å². The fourth-order valence-electron chi connectivity index (χ4n) is 3.00. The number of hydrogen-bond donors (Lipinski definition) is 1. The van der Waals surface area contributed by atoms with Crippen molar-refractivity contribution in [3.8, 4) is 0 Å². The minimum atomic E-state index is -0.268. The van der Waals surface area contributed by atoms with Gasteiger partial charge in [0.15, 0.2) is 5.16 Å². The first-order valence-corrected chi connectivity index (χ1v) is 9.54. The molecule has 8 heteroatoms. The lowest BCUT2D eigenvalue weighted by Gasteiger charge is -2.14. The number of aryl methyl sites for hydroxylation is 1. The van der Waals surface area contributed by atoms with Crippen molar-refractivity contribution in [2.45, 2.75) is 18.6 Å². The van der Waals surface area contributed by atoms with Crippen LogP contribution in [0.5, 0.6) is 0 Å². The summed E-state index contributed by atoms with van der Waals surface area (Å²) >= 11 is 1.35. The first kappa shape index (κ1) is 17.5. The molecule has 0 spiro atoms. The second-order valence-corrected chi connectivity index (χ2v) is 7.21. The van der Waals surface area contributed by atoms with Crippen molar-refractivity contribution >= 4 is 35.0 Å². The molecule has 0 bridgehead atoms. The molecule has 3 aromatic rings. The molecule has 0 unspecified atom stereocenters. The van der Waals surface area contributed by atoms with Crippen molar-refractivity contribution in [3.05, 3.63) is 59.9 Å². The molecule has 1 aromatic heterocycles. The van der Waals surface area contributed by atoms with Crippen LogP contribution in [-0.4, -0.2) is 33.0 Å². The quantitative estimate of drug-likeness (QED) is 0.682. The fourth-order valence-corrected chi connectivity index (χ4v) is 3.76. The van der Waals surface area contributed by atoms with Gasteiger partial charge in [0.2, 0.25) is 11.9 Å². The molecular weight excluding hydrogens is 365 g/mol. The van der Waals surface area contributed by atoms with Gasteiger partial charge in [-0.1, -0.05) is 23.9 Å². The fraction of sp³-hybridized carbons (Fsp3) is 0.211. The van der Waals surface area contributed by atoms with E-state index in [0.29, 0.717) is 11.1 Å². The van der Waals surface area contributed by atoms with Crippen LogP contribution in [0.15, 0.2) is 53.7 Å². The minimum absolute atomic E-state index is 0.0867. The predicted octanol–water partition coefficient (Wildman–Crippen LogP) is 3.61. The van der Waals surface area contributed by atoms with Crippen molar-refractivity contribution in [1.29, 1.82) is 0 Å². The molecule has 1 amide bonds. The second kappa shape index (κ2) is 7.40. The normalized spacial score (nSPS) is 12.9. The number of halogens is 1. The van der Waals surface area contributed by atoms with Gasteiger partial charge < -0.3 is 10.2 Å². The number of hydrogen-bond acceptors (Lipinski definition) is 5. The van der Waals surface area contributed by atoms with Crippen LogP contribution in [0.3, 0.4) is 0 Å². The third kappa shape index (κ3) is 3.80. The first-order chi connectivity index (χ1) is 13.1. The van der Waals surface area contributed by atoms with Gasteiger partial charge in [-0.15, -0.1) is 10.2 Å². The van der Waals surface area contributed by atoms with Crippen LogP contribution in [0.1, 0.15) is 5.56 Å². The average molecular weight is 383 g/mol.